The molecule has 0 saturated carbocycles. The van der Waals surface area contributed by atoms with Crippen LogP contribution >= 0.6 is 0 Å². The zero-order valence-corrected chi connectivity index (χ0v) is 16.6. The quantitative estimate of drug-likeness (QED) is 0.207. The maximum absolute atomic E-state index is 12.5. The van der Waals surface area contributed by atoms with Gasteiger partial charge in [0.25, 0.3) is 0 Å². The number of aromatic nitrogens is 1. The predicted molar refractivity (Wildman–Crippen MR) is 75.9 cm³/mol. The average Bonchev–Trinajstić information content (AvgIpc) is 3.05. The van der Waals surface area contributed by atoms with Crippen LogP contribution in [0.4, 0.5) is 0 Å². The molecule has 1 aromatic rings. The molecule has 0 aromatic carbocycles. The molecule has 2 aliphatic rings. The number of nitriles is 1. The Morgan fingerprint density at radius 3 is 2.92 bits per heavy atom. The summed E-state index contributed by atoms with van der Waals surface area (Å²) in [6, 6.07) is 1.37. The van der Waals surface area contributed by atoms with Gasteiger partial charge in [0.15, 0.2) is 27.9 Å². The summed E-state index contributed by atoms with van der Waals surface area (Å²) >= 11 is 0. The molecular formula is C13H11N4NaO7S. The molecule has 3 rings (SSSR count). The number of sulfone groups is 1. The SMILES string of the molecule is C[C@]1(/C=N/OCc2cc(C#N)no2)[C@H](C(=O)[O-])N2C(=O)C[C@H]2S1(=O)=O.[Na+]. The Morgan fingerprint density at radius 1 is 1.69 bits per heavy atom. The molecule has 0 spiro atoms. The number of rotatable bonds is 5. The Bertz CT molecular complexity index is 921. The van der Waals surface area contributed by atoms with Crippen molar-refractivity contribution in [2.24, 2.45) is 5.16 Å². The molecule has 2 saturated heterocycles. The monoisotopic (exact) mass is 390 g/mol. The van der Waals surface area contributed by atoms with Crippen LogP contribution in [-0.4, -0.2) is 52.7 Å². The van der Waals surface area contributed by atoms with E-state index < -0.39 is 37.9 Å². The van der Waals surface area contributed by atoms with Crippen LogP contribution in [0.1, 0.15) is 24.8 Å². The van der Waals surface area contributed by atoms with Gasteiger partial charge in [0, 0.05) is 6.07 Å². The molecular weight excluding hydrogens is 379 g/mol. The molecule has 13 heteroatoms. The fraction of sp³-hybridized carbons (Fsp3) is 0.462. The molecule has 1 aromatic heterocycles. The first-order chi connectivity index (χ1) is 11.7. The summed E-state index contributed by atoms with van der Waals surface area (Å²) in [5.74, 6) is -2.10. The first kappa shape index (κ1) is 20.4. The van der Waals surface area contributed by atoms with Crippen LogP contribution < -0.4 is 34.7 Å². The molecule has 26 heavy (non-hydrogen) atoms. The molecule has 0 aliphatic carbocycles. The summed E-state index contributed by atoms with van der Waals surface area (Å²) in [7, 11) is -4.02. The Hall–Kier alpha value is -1.94. The number of amides is 1. The smallest absolute Gasteiger partial charge is 0.548 e. The van der Waals surface area contributed by atoms with Crippen molar-refractivity contribution in [1.29, 1.82) is 5.26 Å². The number of carboxylic acids is 1. The molecule has 0 N–H and O–H groups in total. The van der Waals surface area contributed by atoms with Gasteiger partial charge in [-0.2, -0.15) is 5.26 Å². The zero-order chi connectivity index (χ0) is 18.4. The number of carbonyl (C=O) groups is 2. The van der Waals surface area contributed by atoms with Gasteiger partial charge in [-0.05, 0) is 6.92 Å². The van der Waals surface area contributed by atoms with E-state index in [-0.39, 0.29) is 54.0 Å². The van der Waals surface area contributed by atoms with E-state index in [9.17, 15) is 23.1 Å². The van der Waals surface area contributed by atoms with Crippen LogP contribution in [0.3, 0.4) is 0 Å². The largest absolute Gasteiger partial charge is 1.00 e. The number of carboxylic acid groups (broad SMARTS) is 1. The molecule has 1 amide bonds. The molecule has 11 nitrogen and oxygen atoms in total. The Labute approximate surface area is 169 Å². The number of β-lactam (4-membered cyclic amide) rings is 1. The first-order valence-corrected chi connectivity index (χ1v) is 8.54. The van der Waals surface area contributed by atoms with E-state index in [1.54, 1.807) is 6.07 Å². The first-order valence-electron chi connectivity index (χ1n) is 7.00. The van der Waals surface area contributed by atoms with Crippen molar-refractivity contribution >= 4 is 27.9 Å². The van der Waals surface area contributed by atoms with E-state index in [1.807, 2.05) is 0 Å². The van der Waals surface area contributed by atoms with Crippen LogP contribution in [0.2, 0.25) is 0 Å². The molecule has 0 bridgehead atoms. The van der Waals surface area contributed by atoms with Crippen molar-refractivity contribution in [2.75, 3.05) is 0 Å². The van der Waals surface area contributed by atoms with Gasteiger partial charge < -0.3 is 24.2 Å². The second kappa shape index (κ2) is 6.99. The van der Waals surface area contributed by atoms with E-state index in [0.29, 0.717) is 0 Å². The summed E-state index contributed by atoms with van der Waals surface area (Å²) < 4.78 is 27.9. The van der Waals surface area contributed by atoms with Crippen LogP contribution in [0.5, 0.6) is 0 Å². The molecule has 3 heterocycles. The number of hydrogen-bond acceptors (Lipinski definition) is 10. The fourth-order valence-electron chi connectivity index (χ4n) is 2.86. The predicted octanol–water partition coefficient (Wildman–Crippen LogP) is -5.08. The van der Waals surface area contributed by atoms with Crippen molar-refractivity contribution in [3.05, 3.63) is 17.5 Å². The minimum Gasteiger partial charge on any atom is -0.548 e. The molecule has 0 unspecified atom stereocenters. The second-order valence-electron chi connectivity index (χ2n) is 5.71. The minimum absolute atomic E-state index is 0. The van der Waals surface area contributed by atoms with Crippen molar-refractivity contribution in [1.82, 2.24) is 10.1 Å². The van der Waals surface area contributed by atoms with Crippen LogP contribution in [0.15, 0.2) is 15.7 Å². The van der Waals surface area contributed by atoms with Gasteiger partial charge >= 0.3 is 29.6 Å². The van der Waals surface area contributed by atoms with Crippen molar-refractivity contribution in [3.8, 4) is 6.07 Å². The summed E-state index contributed by atoms with van der Waals surface area (Å²) in [6.07, 6.45) is 0.557. The summed E-state index contributed by atoms with van der Waals surface area (Å²) in [5, 5.41) is 25.7. The topological polar surface area (TPSA) is 166 Å². The third kappa shape index (κ3) is 2.90. The third-order valence-corrected chi connectivity index (χ3v) is 6.89. The average molecular weight is 390 g/mol. The van der Waals surface area contributed by atoms with E-state index in [4.69, 9.17) is 14.6 Å². The number of nitrogens with zero attached hydrogens (tertiary/aromatic N) is 4. The van der Waals surface area contributed by atoms with Crippen LogP contribution in [-0.2, 0) is 30.9 Å². The Kier molecular flexibility index (Phi) is 5.48. The molecule has 2 fully saturated rings. The molecule has 132 valence electrons. The molecule has 2 aliphatic heterocycles. The van der Waals surface area contributed by atoms with Crippen molar-refractivity contribution in [3.63, 3.8) is 0 Å². The summed E-state index contributed by atoms with van der Waals surface area (Å²) in [5.41, 5.74) is 0.0350. The summed E-state index contributed by atoms with van der Waals surface area (Å²) in [4.78, 5) is 28.7. The van der Waals surface area contributed by atoms with Gasteiger partial charge in [-0.1, -0.05) is 10.3 Å². The third-order valence-electron chi connectivity index (χ3n) is 4.23. The van der Waals surface area contributed by atoms with Gasteiger partial charge in [0.05, 0.1) is 24.6 Å². The fourth-order valence-corrected chi connectivity index (χ4v) is 5.06. The minimum atomic E-state index is -4.02. The number of fused-ring (bicyclic) bond motifs is 1. The number of hydrogen-bond donors (Lipinski definition) is 0. The number of aliphatic carboxylic acids is 1. The van der Waals surface area contributed by atoms with Crippen LogP contribution in [0.25, 0.3) is 0 Å². The van der Waals surface area contributed by atoms with E-state index in [2.05, 4.69) is 10.3 Å². The normalized spacial score (nSPS) is 28.8. The van der Waals surface area contributed by atoms with E-state index in [0.717, 1.165) is 18.0 Å². The number of oxime groups is 1. The van der Waals surface area contributed by atoms with Crippen LogP contribution in [0, 0.1) is 11.3 Å². The van der Waals surface area contributed by atoms with Gasteiger partial charge in [-0.25, -0.2) is 8.42 Å². The maximum atomic E-state index is 12.5. The van der Waals surface area contributed by atoms with Crippen molar-refractivity contribution in [2.45, 2.75) is 36.1 Å². The maximum Gasteiger partial charge on any atom is 1.00 e. The Balaban J connectivity index is 0.00000243. The molecule has 0 radical (unpaired) electrons. The van der Waals surface area contributed by atoms with E-state index >= 15 is 0 Å². The standard InChI is InChI=1S/C13H12N4O7S.Na/c1-13(6-15-23-5-8-2-7(4-14)16-24-8)11(12(19)20)17-9(18)3-10(17)25(13,21)22;/h2,6,10-11H,3,5H2,1H3,(H,19,20);/q;+1/p-1/b15-6+;/t10-,11+,13+;/m1./s1. The Morgan fingerprint density at radius 2 is 2.38 bits per heavy atom. The van der Waals surface area contributed by atoms with Gasteiger partial charge in [-0.3, -0.25) is 4.79 Å². The van der Waals surface area contributed by atoms with Gasteiger partial charge in [0.2, 0.25) is 5.91 Å². The van der Waals surface area contributed by atoms with E-state index in [1.165, 1.54) is 6.07 Å². The second-order valence-corrected chi connectivity index (χ2v) is 8.22. The molecule has 3 atom stereocenters. The van der Waals surface area contributed by atoms with Gasteiger partial charge in [-0.15, -0.1) is 0 Å². The van der Waals surface area contributed by atoms with Crippen molar-refractivity contribution < 1.29 is 62.0 Å². The summed E-state index contributed by atoms with van der Waals surface area (Å²) in [6.45, 7) is 0.896. The zero-order valence-electron chi connectivity index (χ0n) is 13.8. The van der Waals surface area contributed by atoms with Gasteiger partial charge in [0.1, 0.15) is 16.2 Å². The number of carbonyl (C=O) groups excluding carboxylic acids is 2.